The highest BCUT2D eigenvalue weighted by molar-refractivity contribution is 6.61. The first-order valence-electron chi connectivity index (χ1n) is 9.87. The molecule has 0 bridgehead atoms. The monoisotopic (exact) mass is 338 g/mol. The molecule has 2 saturated heterocycles. The molecule has 4 rings (SSSR count). The molecule has 2 aliphatic heterocycles. The van der Waals surface area contributed by atoms with Crippen molar-refractivity contribution in [1.82, 2.24) is 9.13 Å². The smallest absolute Gasteiger partial charge is 0.374 e. The van der Waals surface area contributed by atoms with Crippen LogP contribution in [-0.4, -0.2) is 58.4 Å². The van der Waals surface area contributed by atoms with Crippen molar-refractivity contribution in [3.63, 3.8) is 0 Å². The van der Waals surface area contributed by atoms with E-state index in [1.165, 1.54) is 77.5 Å². The lowest BCUT2D eigenvalue weighted by molar-refractivity contribution is 0.107. The summed E-state index contributed by atoms with van der Waals surface area (Å²) in [5, 5.41) is 0. The maximum Gasteiger partial charge on any atom is 0.522 e. The molecular weight excluding hydrogens is 304 g/mol. The van der Waals surface area contributed by atoms with Gasteiger partial charge in [-0.05, 0) is 49.4 Å². The second-order valence-corrected chi connectivity index (χ2v) is 11.6. The highest BCUT2D eigenvalue weighted by Gasteiger charge is 2.57. The molecule has 132 valence electrons. The van der Waals surface area contributed by atoms with Crippen molar-refractivity contribution in [1.29, 1.82) is 0 Å². The Labute approximate surface area is 142 Å². The molecule has 4 atom stereocenters. The standard InChI is InChI=1S/C18H34N2O2Si/c1-21-23(22-2,19-11-15-7-3-4-8-16(15)12-19)20-13-17-9-5-6-10-18(17)14-20/h15-18H,3-14H2,1-2H3. The highest BCUT2D eigenvalue weighted by Crippen LogP contribution is 2.42. The molecule has 0 radical (unpaired) electrons. The first-order chi connectivity index (χ1) is 11.3. The van der Waals surface area contributed by atoms with Gasteiger partial charge in [-0.3, -0.25) is 9.13 Å². The van der Waals surface area contributed by atoms with E-state index >= 15 is 0 Å². The van der Waals surface area contributed by atoms with Gasteiger partial charge in [-0.2, -0.15) is 0 Å². The topological polar surface area (TPSA) is 24.9 Å². The molecule has 2 heterocycles. The van der Waals surface area contributed by atoms with Crippen molar-refractivity contribution in [3.05, 3.63) is 0 Å². The quantitative estimate of drug-likeness (QED) is 0.736. The third kappa shape index (κ3) is 2.82. The molecule has 2 aliphatic carbocycles. The fourth-order valence-corrected chi connectivity index (χ4v) is 9.53. The fraction of sp³-hybridized carbons (Fsp3) is 1.00. The Morgan fingerprint density at radius 2 is 0.913 bits per heavy atom. The van der Waals surface area contributed by atoms with Crippen LogP contribution in [0, 0.1) is 23.7 Å². The molecule has 4 unspecified atom stereocenters. The summed E-state index contributed by atoms with van der Waals surface area (Å²) >= 11 is 0. The Morgan fingerprint density at radius 3 is 1.17 bits per heavy atom. The van der Waals surface area contributed by atoms with Gasteiger partial charge in [0.2, 0.25) is 0 Å². The number of nitrogens with zero attached hydrogens (tertiary/aromatic N) is 2. The van der Waals surface area contributed by atoms with E-state index in [1.807, 2.05) is 14.2 Å². The highest BCUT2D eigenvalue weighted by atomic mass is 28.4. The second-order valence-electron chi connectivity index (χ2n) is 8.38. The molecule has 0 aromatic heterocycles. The van der Waals surface area contributed by atoms with E-state index in [0.717, 1.165) is 23.7 Å². The van der Waals surface area contributed by atoms with Gasteiger partial charge in [-0.25, -0.2) is 0 Å². The van der Waals surface area contributed by atoms with Gasteiger partial charge < -0.3 is 8.85 Å². The molecule has 0 amide bonds. The molecule has 0 N–H and O–H groups in total. The molecule has 23 heavy (non-hydrogen) atoms. The number of fused-ring (bicyclic) bond motifs is 2. The van der Waals surface area contributed by atoms with Crippen LogP contribution in [0.2, 0.25) is 0 Å². The second kappa shape index (κ2) is 6.75. The van der Waals surface area contributed by atoms with Gasteiger partial charge in [0.25, 0.3) is 0 Å². The number of rotatable bonds is 4. The molecule has 4 aliphatic rings. The van der Waals surface area contributed by atoms with Crippen LogP contribution in [0.3, 0.4) is 0 Å². The third-order valence-corrected chi connectivity index (χ3v) is 10.7. The minimum atomic E-state index is -2.39. The minimum Gasteiger partial charge on any atom is -0.374 e. The van der Waals surface area contributed by atoms with Gasteiger partial charge in [0.1, 0.15) is 0 Å². The summed E-state index contributed by atoms with van der Waals surface area (Å²) in [6.07, 6.45) is 11.4. The summed E-state index contributed by atoms with van der Waals surface area (Å²) in [6, 6.07) is 0. The summed E-state index contributed by atoms with van der Waals surface area (Å²) in [6.45, 7) is 4.85. The lowest BCUT2D eigenvalue weighted by Crippen LogP contribution is -2.68. The normalized spacial score (nSPS) is 39.4. The van der Waals surface area contributed by atoms with Gasteiger partial charge in [0.15, 0.2) is 0 Å². The fourth-order valence-electron chi connectivity index (χ4n) is 6.07. The molecule has 2 saturated carbocycles. The van der Waals surface area contributed by atoms with Gasteiger partial charge in [0.05, 0.1) is 0 Å². The van der Waals surface area contributed by atoms with Crippen LogP contribution < -0.4 is 0 Å². The van der Waals surface area contributed by atoms with E-state index in [4.69, 9.17) is 8.85 Å². The molecular formula is C18H34N2O2Si. The molecule has 0 aromatic rings. The van der Waals surface area contributed by atoms with E-state index in [1.54, 1.807) is 0 Å². The van der Waals surface area contributed by atoms with Crippen molar-refractivity contribution >= 4 is 8.88 Å². The molecule has 4 fully saturated rings. The van der Waals surface area contributed by atoms with Crippen LogP contribution in [0.25, 0.3) is 0 Å². The van der Waals surface area contributed by atoms with Gasteiger partial charge in [0, 0.05) is 40.4 Å². The lowest BCUT2D eigenvalue weighted by Gasteiger charge is -2.41. The number of hydrogen-bond donors (Lipinski definition) is 0. The summed E-state index contributed by atoms with van der Waals surface area (Å²) in [5.41, 5.74) is 0. The Morgan fingerprint density at radius 1 is 0.609 bits per heavy atom. The molecule has 0 spiro atoms. The molecule has 4 nitrogen and oxygen atoms in total. The zero-order valence-electron chi connectivity index (χ0n) is 15.0. The lowest BCUT2D eigenvalue weighted by atomic mass is 9.82. The third-order valence-electron chi connectivity index (χ3n) is 7.28. The maximum absolute atomic E-state index is 6.24. The summed E-state index contributed by atoms with van der Waals surface area (Å²) < 4.78 is 17.8. The van der Waals surface area contributed by atoms with E-state index in [0.29, 0.717) is 0 Å². The Hall–Kier alpha value is 0.0569. The Kier molecular flexibility index (Phi) is 4.85. The van der Waals surface area contributed by atoms with Gasteiger partial charge >= 0.3 is 8.88 Å². The summed E-state index contributed by atoms with van der Waals surface area (Å²) in [4.78, 5) is 0. The first kappa shape index (κ1) is 16.5. The zero-order valence-corrected chi connectivity index (χ0v) is 16.0. The van der Waals surface area contributed by atoms with Crippen molar-refractivity contribution in [3.8, 4) is 0 Å². The van der Waals surface area contributed by atoms with E-state index in [-0.39, 0.29) is 0 Å². The van der Waals surface area contributed by atoms with Gasteiger partial charge in [-0.15, -0.1) is 0 Å². The zero-order chi connectivity index (χ0) is 15.9. The first-order valence-corrected chi connectivity index (χ1v) is 11.6. The molecule has 5 heteroatoms. The largest absolute Gasteiger partial charge is 0.522 e. The maximum atomic E-state index is 6.24. The van der Waals surface area contributed by atoms with E-state index in [9.17, 15) is 0 Å². The van der Waals surface area contributed by atoms with Crippen LogP contribution in [0.4, 0.5) is 0 Å². The van der Waals surface area contributed by atoms with Crippen LogP contribution in [-0.2, 0) is 8.85 Å². The number of hydrogen-bond acceptors (Lipinski definition) is 4. The van der Waals surface area contributed by atoms with Crippen molar-refractivity contribution in [2.24, 2.45) is 23.7 Å². The minimum absolute atomic E-state index is 0.894. The van der Waals surface area contributed by atoms with Crippen molar-refractivity contribution in [2.45, 2.75) is 51.4 Å². The SMILES string of the molecule is CO[Si](OC)(N1CC2CCCCC2C1)N1CC2CCCCC2C1. The van der Waals surface area contributed by atoms with Crippen molar-refractivity contribution in [2.75, 3.05) is 40.4 Å². The predicted octanol–water partition coefficient (Wildman–Crippen LogP) is 2.96. The van der Waals surface area contributed by atoms with E-state index in [2.05, 4.69) is 9.13 Å². The average Bonchev–Trinajstić information content (AvgIpc) is 3.21. The van der Waals surface area contributed by atoms with Gasteiger partial charge in [-0.1, -0.05) is 25.7 Å². The van der Waals surface area contributed by atoms with Crippen LogP contribution in [0.1, 0.15) is 51.4 Å². The van der Waals surface area contributed by atoms with E-state index < -0.39 is 8.88 Å². The molecule has 0 aromatic carbocycles. The Bertz CT molecular complexity index is 356. The van der Waals surface area contributed by atoms with Crippen LogP contribution in [0.5, 0.6) is 0 Å². The Balaban J connectivity index is 1.52. The summed E-state index contributed by atoms with van der Waals surface area (Å²) in [5.74, 6) is 3.58. The van der Waals surface area contributed by atoms with Crippen molar-refractivity contribution < 1.29 is 8.85 Å². The van der Waals surface area contributed by atoms with Crippen LogP contribution in [0.15, 0.2) is 0 Å². The summed E-state index contributed by atoms with van der Waals surface area (Å²) in [7, 11) is 1.42. The predicted molar refractivity (Wildman–Crippen MR) is 93.8 cm³/mol. The average molecular weight is 339 g/mol. The van der Waals surface area contributed by atoms with Crippen LogP contribution >= 0.6 is 0 Å².